The van der Waals surface area contributed by atoms with Crippen LogP contribution in [0.4, 0.5) is 11.6 Å². The highest BCUT2D eigenvalue weighted by atomic mass is 79.9. The molecule has 1 fully saturated rings. The van der Waals surface area contributed by atoms with Gasteiger partial charge < -0.3 is 10.6 Å². The number of halogens is 1. The van der Waals surface area contributed by atoms with Crippen LogP contribution in [-0.4, -0.2) is 34.1 Å². The lowest BCUT2D eigenvalue weighted by atomic mass is 10.2. The zero-order valence-electron chi connectivity index (χ0n) is 10.7. The third-order valence-corrected chi connectivity index (χ3v) is 5.04. The Morgan fingerprint density at radius 1 is 1.39 bits per heavy atom. The maximum Gasteiger partial charge on any atom is 0.146 e. The quantitative estimate of drug-likeness (QED) is 0.866. The van der Waals surface area contributed by atoms with Crippen molar-refractivity contribution < 1.29 is 0 Å². The first-order chi connectivity index (χ1) is 8.74. The molecule has 0 bridgehead atoms. The molecule has 1 heterocycles. The molecule has 1 aliphatic rings. The van der Waals surface area contributed by atoms with E-state index in [1.165, 1.54) is 19.3 Å². The molecule has 2 rings (SSSR count). The van der Waals surface area contributed by atoms with Gasteiger partial charge in [0.2, 0.25) is 0 Å². The Hall–Kier alpha value is -0.490. The summed E-state index contributed by atoms with van der Waals surface area (Å²) in [6, 6.07) is 0.531. The lowest BCUT2D eigenvalue weighted by molar-refractivity contribution is 0.750. The zero-order valence-corrected chi connectivity index (χ0v) is 13.1. The van der Waals surface area contributed by atoms with E-state index in [0.29, 0.717) is 6.04 Å². The van der Waals surface area contributed by atoms with Crippen molar-refractivity contribution in [3.8, 4) is 0 Å². The molecule has 1 aliphatic carbocycles. The van der Waals surface area contributed by atoms with E-state index in [9.17, 15) is 0 Å². The van der Waals surface area contributed by atoms with Crippen molar-refractivity contribution in [1.82, 2.24) is 9.97 Å². The number of nitrogens with one attached hydrogen (secondary N) is 2. The van der Waals surface area contributed by atoms with Crippen LogP contribution < -0.4 is 10.6 Å². The van der Waals surface area contributed by atoms with Crippen LogP contribution in [0.5, 0.6) is 0 Å². The molecular weight excluding hydrogens is 312 g/mol. The van der Waals surface area contributed by atoms with Crippen LogP contribution in [0.25, 0.3) is 0 Å². The Morgan fingerprint density at radius 3 is 2.83 bits per heavy atom. The minimum atomic E-state index is 0.531. The van der Waals surface area contributed by atoms with Crippen molar-refractivity contribution in [2.75, 3.05) is 23.4 Å². The van der Waals surface area contributed by atoms with E-state index in [4.69, 9.17) is 0 Å². The fourth-order valence-corrected chi connectivity index (χ4v) is 3.50. The Bertz CT molecular complexity index is 402. The minimum Gasteiger partial charge on any atom is -0.369 e. The first-order valence-corrected chi connectivity index (χ1v) is 8.36. The van der Waals surface area contributed by atoms with E-state index < -0.39 is 0 Å². The molecule has 18 heavy (non-hydrogen) atoms. The van der Waals surface area contributed by atoms with Gasteiger partial charge in [0.1, 0.15) is 22.4 Å². The van der Waals surface area contributed by atoms with E-state index in [0.717, 1.165) is 27.9 Å². The summed E-state index contributed by atoms with van der Waals surface area (Å²) in [4.78, 5) is 8.54. The Kier molecular flexibility index (Phi) is 5.12. The summed E-state index contributed by atoms with van der Waals surface area (Å²) in [6.07, 6.45) is 7.53. The van der Waals surface area contributed by atoms with E-state index in [1.54, 1.807) is 6.33 Å². The second-order valence-electron chi connectivity index (χ2n) is 4.43. The highest BCUT2D eigenvalue weighted by Crippen LogP contribution is 2.33. The van der Waals surface area contributed by atoms with Crippen LogP contribution in [0.15, 0.2) is 10.8 Å². The van der Waals surface area contributed by atoms with Crippen LogP contribution in [0.3, 0.4) is 0 Å². The summed E-state index contributed by atoms with van der Waals surface area (Å²) in [5.41, 5.74) is 0. The largest absolute Gasteiger partial charge is 0.369 e. The summed E-state index contributed by atoms with van der Waals surface area (Å²) < 4.78 is 0.930. The molecule has 1 saturated carbocycles. The van der Waals surface area contributed by atoms with Gasteiger partial charge in [0.15, 0.2) is 0 Å². The summed E-state index contributed by atoms with van der Waals surface area (Å²) in [7, 11) is 0. The number of hydrogen-bond acceptors (Lipinski definition) is 5. The maximum absolute atomic E-state index is 4.32. The second kappa shape index (κ2) is 6.61. The third kappa shape index (κ3) is 3.29. The molecule has 6 heteroatoms. The van der Waals surface area contributed by atoms with Crippen molar-refractivity contribution >= 4 is 39.3 Å². The average Bonchev–Trinajstić information content (AvgIpc) is 2.82. The van der Waals surface area contributed by atoms with Crippen LogP contribution in [-0.2, 0) is 0 Å². The summed E-state index contributed by atoms with van der Waals surface area (Å²) in [5, 5.41) is 7.53. The molecule has 1 aromatic rings. The van der Waals surface area contributed by atoms with E-state index >= 15 is 0 Å². The van der Waals surface area contributed by atoms with E-state index in [2.05, 4.69) is 49.7 Å². The molecule has 2 unspecified atom stereocenters. The summed E-state index contributed by atoms with van der Waals surface area (Å²) in [5.74, 6) is 1.75. The molecule has 4 nitrogen and oxygen atoms in total. The van der Waals surface area contributed by atoms with E-state index in [-0.39, 0.29) is 0 Å². The van der Waals surface area contributed by atoms with Crippen molar-refractivity contribution in [3.63, 3.8) is 0 Å². The molecule has 2 N–H and O–H groups in total. The fourth-order valence-electron chi connectivity index (χ4n) is 2.24. The third-order valence-electron chi connectivity index (χ3n) is 3.19. The molecular formula is C12H19BrN4S. The molecule has 0 radical (unpaired) electrons. The lowest BCUT2D eigenvalue weighted by Crippen LogP contribution is -2.18. The second-order valence-corrected chi connectivity index (χ2v) is 6.36. The monoisotopic (exact) mass is 330 g/mol. The molecule has 0 spiro atoms. The Balaban J connectivity index is 2.03. The van der Waals surface area contributed by atoms with Gasteiger partial charge in [0.05, 0.1) is 0 Å². The van der Waals surface area contributed by atoms with Crippen LogP contribution in [0.2, 0.25) is 0 Å². The van der Waals surface area contributed by atoms with Gasteiger partial charge in [-0.05, 0) is 48.4 Å². The van der Waals surface area contributed by atoms with Gasteiger partial charge >= 0.3 is 0 Å². The predicted molar refractivity (Wildman–Crippen MR) is 82.5 cm³/mol. The highest BCUT2D eigenvalue weighted by Gasteiger charge is 2.24. The number of thioether (sulfide) groups is 1. The fraction of sp³-hybridized carbons (Fsp3) is 0.667. The number of nitrogens with zero attached hydrogens (tertiary/aromatic N) is 2. The smallest absolute Gasteiger partial charge is 0.146 e. The van der Waals surface area contributed by atoms with E-state index in [1.807, 2.05) is 11.8 Å². The normalized spacial score (nSPS) is 23.1. The molecule has 0 saturated heterocycles. The van der Waals surface area contributed by atoms with Gasteiger partial charge in [0, 0.05) is 17.8 Å². The van der Waals surface area contributed by atoms with Gasteiger partial charge in [-0.3, -0.25) is 0 Å². The van der Waals surface area contributed by atoms with Crippen molar-refractivity contribution in [3.05, 3.63) is 10.8 Å². The Morgan fingerprint density at radius 2 is 2.17 bits per heavy atom. The van der Waals surface area contributed by atoms with Gasteiger partial charge in [-0.25, -0.2) is 9.97 Å². The summed E-state index contributed by atoms with van der Waals surface area (Å²) in [6.45, 7) is 2.91. The summed E-state index contributed by atoms with van der Waals surface area (Å²) >= 11 is 5.53. The number of anilines is 2. The molecule has 0 aliphatic heterocycles. The number of hydrogen-bond donors (Lipinski definition) is 2. The molecule has 100 valence electrons. The average molecular weight is 331 g/mol. The van der Waals surface area contributed by atoms with Crippen molar-refractivity contribution in [2.45, 2.75) is 37.5 Å². The van der Waals surface area contributed by atoms with Gasteiger partial charge in [-0.2, -0.15) is 11.8 Å². The SMILES string of the molecule is CCNc1ncnc(NC2CCC(SC)C2)c1Br. The molecule has 0 amide bonds. The Labute approximate surface area is 121 Å². The zero-order chi connectivity index (χ0) is 13.0. The maximum atomic E-state index is 4.32. The van der Waals surface area contributed by atoms with Gasteiger partial charge in [-0.15, -0.1) is 0 Å². The minimum absolute atomic E-state index is 0.531. The van der Waals surface area contributed by atoms with Crippen LogP contribution in [0.1, 0.15) is 26.2 Å². The first kappa shape index (κ1) is 13.9. The predicted octanol–water partition coefficient (Wildman–Crippen LogP) is 3.37. The van der Waals surface area contributed by atoms with Crippen LogP contribution >= 0.6 is 27.7 Å². The van der Waals surface area contributed by atoms with Crippen molar-refractivity contribution in [1.29, 1.82) is 0 Å². The van der Waals surface area contributed by atoms with Gasteiger partial charge in [-0.1, -0.05) is 0 Å². The number of aromatic nitrogens is 2. The highest BCUT2D eigenvalue weighted by molar-refractivity contribution is 9.10. The topological polar surface area (TPSA) is 49.8 Å². The van der Waals surface area contributed by atoms with Crippen molar-refractivity contribution in [2.24, 2.45) is 0 Å². The number of rotatable bonds is 5. The lowest BCUT2D eigenvalue weighted by Gasteiger charge is -2.16. The van der Waals surface area contributed by atoms with Crippen LogP contribution in [0, 0.1) is 0 Å². The molecule has 2 atom stereocenters. The molecule has 1 aromatic heterocycles. The molecule has 0 aromatic carbocycles. The standard InChI is InChI=1S/C12H19BrN4S/c1-3-14-11-10(13)12(16-7-15-11)17-8-4-5-9(6-8)18-2/h7-9H,3-6H2,1-2H3,(H2,14,15,16,17). The first-order valence-electron chi connectivity index (χ1n) is 6.28. The van der Waals surface area contributed by atoms with Gasteiger partial charge in [0.25, 0.3) is 0 Å².